The quantitative estimate of drug-likeness (QED) is 0.854. The molecule has 0 bridgehead atoms. The van der Waals surface area contributed by atoms with Crippen LogP contribution in [-0.4, -0.2) is 12.5 Å². The molecule has 2 aliphatic carbocycles. The van der Waals surface area contributed by atoms with Gasteiger partial charge in [-0.15, -0.1) is 0 Å². The van der Waals surface area contributed by atoms with Crippen molar-refractivity contribution in [1.29, 1.82) is 0 Å². The van der Waals surface area contributed by atoms with Gasteiger partial charge in [0.25, 0.3) is 0 Å². The van der Waals surface area contributed by atoms with Gasteiger partial charge in [0.15, 0.2) is 0 Å². The highest BCUT2D eigenvalue weighted by atomic mass is 32.1. The predicted octanol–water partition coefficient (Wildman–Crippen LogP) is 2.70. The summed E-state index contributed by atoms with van der Waals surface area (Å²) in [6, 6.07) is 2.20. The van der Waals surface area contributed by atoms with Crippen LogP contribution in [0.15, 0.2) is 16.8 Å². The standard InChI is InChI=1S/C13H17NOS/c15-12(10-2-1-3-10)14-9-13(5-6-13)11-4-7-16-8-11/h4,7-8,10H,1-3,5-6,9H2,(H,14,15). The largest absolute Gasteiger partial charge is 0.355 e. The van der Waals surface area contributed by atoms with Crippen molar-refractivity contribution >= 4 is 17.2 Å². The monoisotopic (exact) mass is 235 g/mol. The molecule has 0 saturated heterocycles. The molecule has 1 amide bonds. The molecule has 0 aromatic carbocycles. The number of carbonyl (C=O) groups is 1. The van der Waals surface area contributed by atoms with Crippen molar-refractivity contribution in [2.45, 2.75) is 37.5 Å². The molecule has 0 spiro atoms. The molecule has 0 radical (unpaired) electrons. The van der Waals surface area contributed by atoms with Gasteiger partial charge >= 0.3 is 0 Å². The minimum atomic E-state index is 0.285. The van der Waals surface area contributed by atoms with Gasteiger partial charge in [0.1, 0.15) is 0 Å². The Hall–Kier alpha value is -0.830. The van der Waals surface area contributed by atoms with E-state index in [1.807, 2.05) is 0 Å². The van der Waals surface area contributed by atoms with Crippen molar-refractivity contribution in [2.75, 3.05) is 6.54 Å². The number of nitrogens with one attached hydrogen (secondary N) is 1. The van der Waals surface area contributed by atoms with Crippen LogP contribution in [0.2, 0.25) is 0 Å². The second kappa shape index (κ2) is 3.88. The first-order valence-electron chi connectivity index (χ1n) is 6.11. The van der Waals surface area contributed by atoms with E-state index in [9.17, 15) is 4.79 Å². The fourth-order valence-corrected chi connectivity index (χ4v) is 3.13. The third-order valence-electron chi connectivity index (χ3n) is 4.06. The third kappa shape index (κ3) is 1.77. The van der Waals surface area contributed by atoms with E-state index < -0.39 is 0 Å². The summed E-state index contributed by atoms with van der Waals surface area (Å²) in [4.78, 5) is 11.8. The second-order valence-corrected chi connectivity index (χ2v) is 5.92. The lowest BCUT2D eigenvalue weighted by Gasteiger charge is -2.25. The predicted molar refractivity (Wildman–Crippen MR) is 65.6 cm³/mol. The van der Waals surface area contributed by atoms with Gasteiger partial charge in [-0.3, -0.25) is 4.79 Å². The Bertz CT molecular complexity index is 377. The molecule has 2 nitrogen and oxygen atoms in total. The molecule has 0 aliphatic heterocycles. The van der Waals surface area contributed by atoms with Crippen molar-refractivity contribution in [1.82, 2.24) is 5.32 Å². The fraction of sp³-hybridized carbons (Fsp3) is 0.615. The van der Waals surface area contributed by atoms with Crippen molar-refractivity contribution in [3.05, 3.63) is 22.4 Å². The average Bonchev–Trinajstić information content (AvgIpc) is 2.77. The molecule has 3 heteroatoms. The Kier molecular flexibility index (Phi) is 2.51. The number of carbonyl (C=O) groups excluding carboxylic acids is 1. The first-order chi connectivity index (χ1) is 7.80. The molecule has 2 saturated carbocycles. The van der Waals surface area contributed by atoms with E-state index in [2.05, 4.69) is 22.1 Å². The van der Waals surface area contributed by atoms with Crippen LogP contribution in [0.5, 0.6) is 0 Å². The molecule has 0 atom stereocenters. The van der Waals surface area contributed by atoms with Gasteiger partial charge < -0.3 is 5.32 Å². The van der Waals surface area contributed by atoms with Crippen LogP contribution in [0.25, 0.3) is 0 Å². The molecular formula is C13H17NOS. The molecule has 1 N–H and O–H groups in total. The topological polar surface area (TPSA) is 29.1 Å². The van der Waals surface area contributed by atoms with Crippen molar-refractivity contribution in [3.63, 3.8) is 0 Å². The SMILES string of the molecule is O=C(NCC1(c2ccsc2)CC1)C1CCC1. The minimum Gasteiger partial charge on any atom is -0.355 e. The number of thiophene rings is 1. The molecule has 1 heterocycles. The van der Waals surface area contributed by atoms with Gasteiger partial charge in [-0.1, -0.05) is 6.42 Å². The summed E-state index contributed by atoms with van der Waals surface area (Å²) in [6.07, 6.45) is 5.88. The molecule has 86 valence electrons. The maximum Gasteiger partial charge on any atom is 0.223 e. The van der Waals surface area contributed by atoms with Crippen LogP contribution >= 0.6 is 11.3 Å². The molecule has 2 fully saturated rings. The lowest BCUT2D eigenvalue weighted by atomic mass is 9.84. The Morgan fingerprint density at radius 3 is 2.81 bits per heavy atom. The number of hydrogen-bond donors (Lipinski definition) is 1. The van der Waals surface area contributed by atoms with Gasteiger partial charge in [-0.05, 0) is 48.1 Å². The van der Waals surface area contributed by atoms with Gasteiger partial charge in [0.05, 0.1) is 0 Å². The minimum absolute atomic E-state index is 0.285. The van der Waals surface area contributed by atoms with Crippen molar-refractivity contribution < 1.29 is 4.79 Å². The number of amides is 1. The van der Waals surface area contributed by atoms with Crippen LogP contribution in [0.1, 0.15) is 37.7 Å². The Morgan fingerprint density at radius 2 is 2.31 bits per heavy atom. The van der Waals surface area contributed by atoms with Crippen molar-refractivity contribution in [3.8, 4) is 0 Å². The summed E-state index contributed by atoms with van der Waals surface area (Å²) in [7, 11) is 0. The first-order valence-corrected chi connectivity index (χ1v) is 7.05. The van der Waals surface area contributed by atoms with E-state index in [1.165, 1.54) is 24.8 Å². The molecule has 1 aromatic rings. The second-order valence-electron chi connectivity index (χ2n) is 5.14. The summed E-state index contributed by atoms with van der Waals surface area (Å²) < 4.78 is 0. The maximum atomic E-state index is 11.8. The van der Waals surface area contributed by atoms with E-state index in [1.54, 1.807) is 11.3 Å². The highest BCUT2D eigenvalue weighted by Gasteiger charge is 2.44. The van der Waals surface area contributed by atoms with Gasteiger partial charge in [0, 0.05) is 17.9 Å². The highest BCUT2D eigenvalue weighted by Crippen LogP contribution is 2.48. The van der Waals surface area contributed by atoms with E-state index in [-0.39, 0.29) is 5.91 Å². The third-order valence-corrected chi connectivity index (χ3v) is 4.75. The summed E-state index contributed by atoms with van der Waals surface area (Å²) >= 11 is 1.75. The van der Waals surface area contributed by atoms with E-state index in [0.29, 0.717) is 11.3 Å². The first kappa shape index (κ1) is 10.3. The number of hydrogen-bond acceptors (Lipinski definition) is 2. The normalized spacial score (nSPS) is 22.5. The summed E-state index contributed by atoms with van der Waals surface area (Å²) in [5, 5.41) is 7.49. The smallest absolute Gasteiger partial charge is 0.223 e. The van der Waals surface area contributed by atoms with Crippen molar-refractivity contribution in [2.24, 2.45) is 5.92 Å². The van der Waals surface area contributed by atoms with E-state index in [0.717, 1.165) is 19.4 Å². The van der Waals surface area contributed by atoms with Crippen LogP contribution in [-0.2, 0) is 10.2 Å². The molecular weight excluding hydrogens is 218 g/mol. The summed E-state index contributed by atoms with van der Waals surface area (Å²) in [5.41, 5.74) is 1.71. The lowest BCUT2D eigenvalue weighted by molar-refractivity contribution is -0.127. The maximum absolute atomic E-state index is 11.8. The van der Waals surface area contributed by atoms with Gasteiger partial charge in [-0.25, -0.2) is 0 Å². The van der Waals surface area contributed by atoms with Crippen LogP contribution in [0.4, 0.5) is 0 Å². The number of rotatable bonds is 4. The lowest BCUT2D eigenvalue weighted by Crippen LogP contribution is -2.38. The average molecular weight is 235 g/mol. The van der Waals surface area contributed by atoms with Gasteiger partial charge in [-0.2, -0.15) is 11.3 Å². The van der Waals surface area contributed by atoms with Crippen LogP contribution < -0.4 is 5.32 Å². The van der Waals surface area contributed by atoms with Crippen LogP contribution in [0.3, 0.4) is 0 Å². The van der Waals surface area contributed by atoms with E-state index in [4.69, 9.17) is 0 Å². The summed E-state index contributed by atoms with van der Waals surface area (Å²) in [5.74, 6) is 0.603. The Balaban J connectivity index is 1.57. The molecule has 0 unspecified atom stereocenters. The molecule has 2 aliphatic rings. The fourth-order valence-electron chi connectivity index (χ4n) is 2.36. The Morgan fingerprint density at radius 1 is 1.50 bits per heavy atom. The van der Waals surface area contributed by atoms with E-state index >= 15 is 0 Å². The zero-order chi connectivity index (χ0) is 11.0. The zero-order valence-corrected chi connectivity index (χ0v) is 10.2. The summed E-state index contributed by atoms with van der Waals surface area (Å²) in [6.45, 7) is 0.846. The molecule has 16 heavy (non-hydrogen) atoms. The highest BCUT2D eigenvalue weighted by molar-refractivity contribution is 7.08. The molecule has 3 rings (SSSR count). The Labute approximate surface area is 100 Å². The zero-order valence-electron chi connectivity index (χ0n) is 9.37. The molecule has 1 aromatic heterocycles. The van der Waals surface area contributed by atoms with Crippen LogP contribution in [0, 0.1) is 5.92 Å². The van der Waals surface area contributed by atoms with Gasteiger partial charge in [0.2, 0.25) is 5.91 Å².